The molecular formula is C12H24N4O. The lowest BCUT2D eigenvalue weighted by molar-refractivity contribution is 0.160. The molecule has 5 heteroatoms. The monoisotopic (exact) mass is 240 g/mol. The normalized spacial score (nSPS) is 26.2. The van der Waals surface area contributed by atoms with Crippen LogP contribution in [0.3, 0.4) is 0 Å². The van der Waals surface area contributed by atoms with Gasteiger partial charge in [0.05, 0.1) is 6.61 Å². The van der Waals surface area contributed by atoms with Crippen LogP contribution >= 0.6 is 0 Å². The number of rotatable bonds is 5. The molecule has 0 amide bonds. The lowest BCUT2D eigenvalue weighted by Gasteiger charge is -2.18. The Kier molecular flexibility index (Phi) is 4.62. The third kappa shape index (κ3) is 4.16. The summed E-state index contributed by atoms with van der Waals surface area (Å²) >= 11 is 0. The Morgan fingerprint density at radius 3 is 2.71 bits per heavy atom. The Bertz CT molecular complexity index is 265. The van der Waals surface area contributed by atoms with Crippen LogP contribution in [0.25, 0.3) is 0 Å². The topological polar surface area (TPSA) is 48.9 Å². The van der Waals surface area contributed by atoms with Crippen LogP contribution in [0.2, 0.25) is 0 Å². The van der Waals surface area contributed by atoms with Crippen molar-refractivity contribution in [1.29, 1.82) is 0 Å². The first-order valence-corrected chi connectivity index (χ1v) is 6.53. The van der Waals surface area contributed by atoms with Crippen LogP contribution in [0.1, 0.15) is 19.3 Å². The second-order valence-electron chi connectivity index (χ2n) is 4.91. The number of hydrogen-bond donors (Lipinski definition) is 2. The SMILES string of the molecule is CN=C(NC1CC1)NC1CCN(CCOC)C1. The first-order valence-electron chi connectivity index (χ1n) is 6.53. The second kappa shape index (κ2) is 6.21. The molecule has 2 N–H and O–H groups in total. The molecule has 1 saturated heterocycles. The van der Waals surface area contributed by atoms with Crippen LogP contribution in [-0.4, -0.2) is 63.3 Å². The molecule has 1 unspecified atom stereocenters. The van der Waals surface area contributed by atoms with Crippen molar-refractivity contribution in [3.05, 3.63) is 0 Å². The molecule has 5 nitrogen and oxygen atoms in total. The third-order valence-corrected chi connectivity index (χ3v) is 3.37. The van der Waals surface area contributed by atoms with Crippen molar-refractivity contribution in [2.75, 3.05) is 40.4 Å². The van der Waals surface area contributed by atoms with Gasteiger partial charge in [0.2, 0.25) is 0 Å². The first-order chi connectivity index (χ1) is 8.31. The Morgan fingerprint density at radius 2 is 2.06 bits per heavy atom. The van der Waals surface area contributed by atoms with Gasteiger partial charge in [-0.1, -0.05) is 0 Å². The zero-order valence-corrected chi connectivity index (χ0v) is 10.9. The maximum Gasteiger partial charge on any atom is 0.191 e. The van der Waals surface area contributed by atoms with Crippen molar-refractivity contribution in [2.45, 2.75) is 31.3 Å². The molecular weight excluding hydrogens is 216 g/mol. The first kappa shape index (κ1) is 12.6. The smallest absolute Gasteiger partial charge is 0.191 e. The zero-order chi connectivity index (χ0) is 12.1. The van der Waals surface area contributed by atoms with Crippen LogP contribution < -0.4 is 10.6 Å². The lowest BCUT2D eigenvalue weighted by Crippen LogP contribution is -2.45. The van der Waals surface area contributed by atoms with E-state index in [9.17, 15) is 0 Å². The minimum atomic E-state index is 0.525. The van der Waals surface area contributed by atoms with Gasteiger partial charge in [-0.15, -0.1) is 0 Å². The molecule has 0 aromatic heterocycles. The highest BCUT2D eigenvalue weighted by Crippen LogP contribution is 2.18. The standard InChI is InChI=1S/C12H24N4O/c1-13-12(14-10-3-4-10)15-11-5-6-16(9-11)7-8-17-2/h10-11H,3-9H2,1-2H3,(H2,13,14,15). The molecule has 1 aliphatic heterocycles. The number of likely N-dealkylation sites (tertiary alicyclic amines) is 1. The number of aliphatic imine (C=N–C) groups is 1. The van der Waals surface area contributed by atoms with Gasteiger partial charge in [-0.2, -0.15) is 0 Å². The lowest BCUT2D eigenvalue weighted by atomic mass is 10.3. The predicted molar refractivity (Wildman–Crippen MR) is 69.4 cm³/mol. The number of nitrogens with one attached hydrogen (secondary N) is 2. The van der Waals surface area contributed by atoms with E-state index >= 15 is 0 Å². The minimum absolute atomic E-state index is 0.525. The molecule has 2 fully saturated rings. The molecule has 0 aromatic carbocycles. The Labute approximate surface area is 104 Å². The van der Waals surface area contributed by atoms with E-state index in [0.29, 0.717) is 12.1 Å². The average molecular weight is 240 g/mol. The second-order valence-corrected chi connectivity index (χ2v) is 4.91. The summed E-state index contributed by atoms with van der Waals surface area (Å²) in [6.07, 6.45) is 3.76. The highest BCUT2D eigenvalue weighted by atomic mass is 16.5. The summed E-state index contributed by atoms with van der Waals surface area (Å²) < 4.78 is 5.10. The fourth-order valence-corrected chi connectivity index (χ4v) is 2.16. The van der Waals surface area contributed by atoms with Gasteiger partial charge >= 0.3 is 0 Å². The Morgan fingerprint density at radius 1 is 1.29 bits per heavy atom. The van der Waals surface area contributed by atoms with Gasteiger partial charge in [-0.3, -0.25) is 9.89 Å². The number of hydrogen-bond acceptors (Lipinski definition) is 3. The summed E-state index contributed by atoms with van der Waals surface area (Å²) in [4.78, 5) is 6.71. The number of ether oxygens (including phenoxy) is 1. The summed E-state index contributed by atoms with van der Waals surface area (Å²) in [5.74, 6) is 0.964. The summed E-state index contributed by atoms with van der Waals surface area (Å²) in [5.41, 5.74) is 0. The highest BCUT2D eigenvalue weighted by Gasteiger charge is 2.26. The molecule has 2 rings (SSSR count). The van der Waals surface area contributed by atoms with Crippen molar-refractivity contribution < 1.29 is 4.74 Å². The molecule has 1 heterocycles. The van der Waals surface area contributed by atoms with E-state index in [-0.39, 0.29) is 0 Å². The maximum atomic E-state index is 5.10. The van der Waals surface area contributed by atoms with Gasteiger partial charge in [0.1, 0.15) is 0 Å². The summed E-state index contributed by atoms with van der Waals surface area (Å²) in [6, 6.07) is 1.18. The Hall–Kier alpha value is -0.810. The zero-order valence-electron chi connectivity index (χ0n) is 10.9. The number of guanidine groups is 1. The van der Waals surface area contributed by atoms with Gasteiger partial charge in [-0.25, -0.2) is 0 Å². The van der Waals surface area contributed by atoms with Crippen LogP contribution in [0.15, 0.2) is 4.99 Å². The van der Waals surface area contributed by atoms with Gasteiger partial charge in [0.15, 0.2) is 5.96 Å². The van der Waals surface area contributed by atoms with Crippen molar-refractivity contribution in [2.24, 2.45) is 4.99 Å². The molecule has 1 atom stereocenters. The molecule has 0 spiro atoms. The van der Waals surface area contributed by atoms with Crippen LogP contribution in [0.4, 0.5) is 0 Å². The number of nitrogens with zero attached hydrogens (tertiary/aromatic N) is 2. The number of methoxy groups -OCH3 is 1. The molecule has 0 bridgehead atoms. The van der Waals surface area contributed by atoms with Crippen molar-refractivity contribution in [3.63, 3.8) is 0 Å². The van der Waals surface area contributed by atoms with E-state index in [4.69, 9.17) is 4.74 Å². The van der Waals surface area contributed by atoms with E-state index in [1.807, 2.05) is 7.05 Å². The molecule has 98 valence electrons. The van der Waals surface area contributed by atoms with Crippen LogP contribution in [0, 0.1) is 0 Å². The van der Waals surface area contributed by atoms with Crippen molar-refractivity contribution >= 4 is 5.96 Å². The fourth-order valence-electron chi connectivity index (χ4n) is 2.16. The van der Waals surface area contributed by atoms with Crippen molar-refractivity contribution in [3.8, 4) is 0 Å². The van der Waals surface area contributed by atoms with Crippen LogP contribution in [0.5, 0.6) is 0 Å². The fraction of sp³-hybridized carbons (Fsp3) is 0.917. The van der Waals surface area contributed by atoms with Gasteiger partial charge < -0.3 is 15.4 Å². The molecule has 1 saturated carbocycles. The largest absolute Gasteiger partial charge is 0.383 e. The summed E-state index contributed by atoms with van der Waals surface area (Å²) in [6.45, 7) is 4.10. The van der Waals surface area contributed by atoms with E-state index in [1.165, 1.54) is 19.3 Å². The van der Waals surface area contributed by atoms with E-state index in [0.717, 1.165) is 32.2 Å². The third-order valence-electron chi connectivity index (χ3n) is 3.37. The minimum Gasteiger partial charge on any atom is -0.383 e. The van der Waals surface area contributed by atoms with Gasteiger partial charge in [-0.05, 0) is 19.3 Å². The summed E-state index contributed by atoms with van der Waals surface area (Å²) in [5, 5.41) is 6.92. The van der Waals surface area contributed by atoms with Gasteiger partial charge in [0.25, 0.3) is 0 Å². The molecule has 17 heavy (non-hydrogen) atoms. The summed E-state index contributed by atoms with van der Waals surface area (Å²) in [7, 11) is 3.60. The van der Waals surface area contributed by atoms with E-state index < -0.39 is 0 Å². The van der Waals surface area contributed by atoms with Crippen LogP contribution in [-0.2, 0) is 4.74 Å². The average Bonchev–Trinajstić information content (AvgIpc) is 3.04. The van der Waals surface area contributed by atoms with Crippen molar-refractivity contribution in [1.82, 2.24) is 15.5 Å². The predicted octanol–water partition coefficient (Wildman–Crippen LogP) is 0.0345. The van der Waals surface area contributed by atoms with Gasteiger partial charge in [0, 0.05) is 45.9 Å². The molecule has 0 radical (unpaired) electrons. The van der Waals surface area contributed by atoms with E-state index in [2.05, 4.69) is 20.5 Å². The molecule has 2 aliphatic rings. The highest BCUT2D eigenvalue weighted by molar-refractivity contribution is 5.80. The molecule has 1 aliphatic carbocycles. The molecule has 0 aromatic rings. The maximum absolute atomic E-state index is 5.10. The quantitative estimate of drug-likeness (QED) is 0.526. The Balaban J connectivity index is 1.68. The van der Waals surface area contributed by atoms with E-state index in [1.54, 1.807) is 7.11 Å².